The largest absolute Gasteiger partial charge is 0.395 e. The number of amides is 1. The maximum absolute atomic E-state index is 13.0. The number of benzene rings is 2. The van der Waals surface area contributed by atoms with E-state index < -0.39 is 0 Å². The van der Waals surface area contributed by atoms with Gasteiger partial charge in [-0.2, -0.15) is 4.68 Å². The van der Waals surface area contributed by atoms with Crippen LogP contribution in [0.5, 0.6) is 0 Å². The lowest BCUT2D eigenvalue weighted by Crippen LogP contribution is -2.33. The second-order valence-corrected chi connectivity index (χ2v) is 5.21. The summed E-state index contributed by atoms with van der Waals surface area (Å²) in [6.45, 7) is 0.563. The fraction of sp³-hybridized carbons (Fsp3) is 0.176. The molecule has 1 aromatic heterocycles. The molecule has 0 aliphatic rings. The summed E-state index contributed by atoms with van der Waals surface area (Å²) in [4.78, 5) is 14.6. The number of aliphatic hydroxyl groups excluding tert-OH is 1. The molecule has 0 aliphatic heterocycles. The predicted molar refractivity (Wildman–Crippen MR) is 87.4 cm³/mol. The third-order valence-electron chi connectivity index (χ3n) is 3.60. The van der Waals surface area contributed by atoms with Gasteiger partial charge in [-0.1, -0.05) is 42.5 Å². The van der Waals surface area contributed by atoms with Crippen molar-refractivity contribution in [3.8, 4) is 5.69 Å². The van der Waals surface area contributed by atoms with Gasteiger partial charge in [-0.15, -0.1) is 5.10 Å². The van der Waals surface area contributed by atoms with Gasteiger partial charge in [0.2, 0.25) is 0 Å². The molecular formula is C17H17N5O2. The number of hydrogen-bond donors (Lipinski definition) is 1. The zero-order valence-electron chi connectivity index (χ0n) is 13.0. The van der Waals surface area contributed by atoms with Gasteiger partial charge in [-0.25, -0.2) is 0 Å². The number of carbonyl (C=O) groups excluding carboxylic acids is 1. The van der Waals surface area contributed by atoms with Crippen molar-refractivity contribution in [2.24, 2.45) is 0 Å². The molecule has 0 unspecified atom stereocenters. The number of tetrazole rings is 1. The monoisotopic (exact) mass is 323 g/mol. The molecule has 7 nitrogen and oxygen atoms in total. The fourth-order valence-electron chi connectivity index (χ4n) is 2.47. The van der Waals surface area contributed by atoms with Gasteiger partial charge >= 0.3 is 0 Å². The maximum Gasteiger partial charge on any atom is 0.256 e. The minimum absolute atomic E-state index is 0.106. The van der Waals surface area contributed by atoms with Crippen molar-refractivity contribution in [3.63, 3.8) is 0 Å². The summed E-state index contributed by atoms with van der Waals surface area (Å²) in [6.07, 6.45) is 1.44. The molecule has 1 amide bonds. The molecule has 7 heteroatoms. The number of nitrogens with zero attached hydrogens (tertiary/aromatic N) is 5. The zero-order chi connectivity index (χ0) is 16.8. The van der Waals surface area contributed by atoms with Gasteiger partial charge in [-0.05, 0) is 28.1 Å². The van der Waals surface area contributed by atoms with Crippen molar-refractivity contribution in [2.45, 2.75) is 6.54 Å². The molecule has 0 atom stereocenters. The Hall–Kier alpha value is -3.06. The first-order valence-corrected chi connectivity index (χ1v) is 7.56. The lowest BCUT2D eigenvalue weighted by Gasteiger charge is -2.23. The van der Waals surface area contributed by atoms with E-state index in [0.717, 1.165) is 5.56 Å². The molecule has 0 radical (unpaired) electrons. The Morgan fingerprint density at radius 3 is 2.54 bits per heavy atom. The van der Waals surface area contributed by atoms with Crippen LogP contribution in [0.25, 0.3) is 5.69 Å². The van der Waals surface area contributed by atoms with Crippen LogP contribution in [0.1, 0.15) is 15.9 Å². The zero-order valence-corrected chi connectivity index (χ0v) is 13.0. The fourth-order valence-corrected chi connectivity index (χ4v) is 2.47. The van der Waals surface area contributed by atoms with Crippen LogP contribution in [0.4, 0.5) is 0 Å². The van der Waals surface area contributed by atoms with Crippen LogP contribution in [0.3, 0.4) is 0 Å². The summed E-state index contributed by atoms with van der Waals surface area (Å²) in [5.74, 6) is -0.181. The number of aliphatic hydroxyl groups is 1. The van der Waals surface area contributed by atoms with E-state index in [1.807, 2.05) is 36.4 Å². The Kier molecular flexibility index (Phi) is 4.93. The van der Waals surface area contributed by atoms with Crippen molar-refractivity contribution in [2.75, 3.05) is 13.2 Å². The second-order valence-electron chi connectivity index (χ2n) is 5.21. The molecule has 1 heterocycles. The van der Waals surface area contributed by atoms with Gasteiger partial charge in [0.25, 0.3) is 5.91 Å². The van der Waals surface area contributed by atoms with E-state index in [-0.39, 0.29) is 19.1 Å². The highest BCUT2D eigenvalue weighted by Crippen LogP contribution is 2.17. The molecule has 0 saturated heterocycles. The summed E-state index contributed by atoms with van der Waals surface area (Å²) < 4.78 is 1.45. The van der Waals surface area contributed by atoms with E-state index in [9.17, 15) is 9.90 Å². The topological polar surface area (TPSA) is 84.1 Å². The number of carbonyl (C=O) groups is 1. The highest BCUT2D eigenvalue weighted by molar-refractivity contribution is 5.97. The molecule has 0 fully saturated rings. The molecule has 3 aromatic rings. The normalized spacial score (nSPS) is 10.5. The quantitative estimate of drug-likeness (QED) is 0.739. The number of para-hydroxylation sites is 1. The second kappa shape index (κ2) is 7.47. The molecule has 3 rings (SSSR count). The molecular weight excluding hydrogens is 306 g/mol. The lowest BCUT2D eigenvalue weighted by atomic mass is 10.1. The van der Waals surface area contributed by atoms with Gasteiger partial charge in [0.05, 0.1) is 17.9 Å². The van der Waals surface area contributed by atoms with Crippen LogP contribution in [0.15, 0.2) is 60.9 Å². The van der Waals surface area contributed by atoms with Crippen molar-refractivity contribution >= 4 is 5.91 Å². The molecule has 0 spiro atoms. The van der Waals surface area contributed by atoms with E-state index in [2.05, 4.69) is 15.5 Å². The molecule has 0 bridgehead atoms. The Labute approximate surface area is 139 Å². The van der Waals surface area contributed by atoms with Gasteiger partial charge in [0.1, 0.15) is 6.33 Å². The Morgan fingerprint density at radius 2 is 1.83 bits per heavy atom. The third kappa shape index (κ3) is 3.47. The van der Waals surface area contributed by atoms with Gasteiger partial charge in [-0.3, -0.25) is 4.79 Å². The van der Waals surface area contributed by atoms with Crippen LogP contribution >= 0.6 is 0 Å². The highest BCUT2D eigenvalue weighted by atomic mass is 16.3. The smallest absolute Gasteiger partial charge is 0.256 e. The molecule has 1 N–H and O–H groups in total. The van der Waals surface area contributed by atoms with Crippen molar-refractivity contribution in [1.82, 2.24) is 25.1 Å². The maximum atomic E-state index is 13.0. The number of aromatic nitrogens is 4. The summed E-state index contributed by atoms with van der Waals surface area (Å²) >= 11 is 0. The first-order valence-electron chi connectivity index (χ1n) is 7.56. The van der Waals surface area contributed by atoms with Gasteiger partial charge in [0, 0.05) is 13.1 Å². The average molecular weight is 323 g/mol. The predicted octanol–water partition coefficient (Wildman–Crippen LogP) is 1.30. The van der Waals surface area contributed by atoms with E-state index >= 15 is 0 Å². The van der Waals surface area contributed by atoms with Crippen molar-refractivity contribution in [1.29, 1.82) is 0 Å². The highest BCUT2D eigenvalue weighted by Gasteiger charge is 2.20. The Morgan fingerprint density at radius 1 is 1.08 bits per heavy atom. The first-order chi connectivity index (χ1) is 11.8. The van der Waals surface area contributed by atoms with E-state index in [0.29, 0.717) is 17.8 Å². The minimum Gasteiger partial charge on any atom is -0.395 e. The summed E-state index contributed by atoms with van der Waals surface area (Å²) in [6, 6.07) is 16.8. The standard InChI is InChI=1S/C17H17N5O2/c23-11-10-21(12-14-6-2-1-3-7-14)17(24)15-8-4-5-9-16(15)22-13-18-19-20-22/h1-9,13,23H,10-12H2. The number of rotatable bonds is 6. The van der Waals surface area contributed by atoms with Crippen LogP contribution in [-0.2, 0) is 6.54 Å². The van der Waals surface area contributed by atoms with E-state index in [4.69, 9.17) is 0 Å². The lowest BCUT2D eigenvalue weighted by molar-refractivity contribution is 0.0707. The average Bonchev–Trinajstić information content (AvgIpc) is 3.16. The molecule has 0 aliphatic carbocycles. The van der Waals surface area contributed by atoms with Crippen LogP contribution in [0.2, 0.25) is 0 Å². The van der Waals surface area contributed by atoms with Gasteiger partial charge in [0.15, 0.2) is 0 Å². The van der Waals surface area contributed by atoms with Gasteiger partial charge < -0.3 is 10.0 Å². The van der Waals surface area contributed by atoms with E-state index in [1.54, 1.807) is 23.1 Å². The summed E-state index contributed by atoms with van der Waals surface area (Å²) in [7, 11) is 0. The molecule has 2 aromatic carbocycles. The Bertz CT molecular complexity index is 790. The molecule has 122 valence electrons. The van der Waals surface area contributed by atoms with Crippen LogP contribution in [-0.4, -0.2) is 49.3 Å². The molecule has 0 saturated carbocycles. The van der Waals surface area contributed by atoms with Crippen molar-refractivity contribution < 1.29 is 9.90 Å². The van der Waals surface area contributed by atoms with Crippen LogP contribution < -0.4 is 0 Å². The first kappa shape index (κ1) is 15.8. The SMILES string of the molecule is O=C(c1ccccc1-n1cnnn1)N(CCO)Cc1ccccc1. The van der Waals surface area contributed by atoms with Crippen molar-refractivity contribution in [3.05, 3.63) is 72.1 Å². The third-order valence-corrected chi connectivity index (χ3v) is 3.60. The minimum atomic E-state index is -0.181. The van der Waals surface area contributed by atoms with E-state index in [1.165, 1.54) is 11.0 Å². The number of hydrogen-bond acceptors (Lipinski definition) is 5. The summed E-state index contributed by atoms with van der Waals surface area (Å²) in [5, 5.41) is 20.4. The Balaban J connectivity index is 1.91. The van der Waals surface area contributed by atoms with Crippen LogP contribution in [0, 0.1) is 0 Å². The molecule has 24 heavy (non-hydrogen) atoms. The summed E-state index contributed by atoms with van der Waals surface area (Å²) in [5.41, 5.74) is 2.08.